The molecule has 0 atom stereocenters. The van der Waals surface area contributed by atoms with Gasteiger partial charge >= 0.3 is 0 Å². The first kappa shape index (κ1) is 45.6. The molecule has 5 heteroatoms. The number of nitrogens with zero attached hydrogens (tertiary/aromatic N) is 2. The molecule has 10 aromatic carbocycles. The third kappa shape index (κ3) is 6.53. The van der Waals surface area contributed by atoms with Crippen LogP contribution in [-0.4, -0.2) is 0 Å². The van der Waals surface area contributed by atoms with Gasteiger partial charge in [-0.05, 0) is 141 Å². The minimum atomic E-state index is -0.389. The van der Waals surface area contributed by atoms with Crippen molar-refractivity contribution in [1.82, 2.24) is 0 Å². The summed E-state index contributed by atoms with van der Waals surface area (Å²) in [6, 6.07) is 71.1. The lowest BCUT2D eigenvalue weighted by molar-refractivity contribution is 0.638. The van der Waals surface area contributed by atoms with Crippen LogP contribution >= 0.6 is 0 Å². The van der Waals surface area contributed by atoms with Gasteiger partial charge in [0.15, 0.2) is 11.2 Å². The van der Waals surface area contributed by atoms with Crippen LogP contribution in [0.5, 0.6) is 0 Å². The second-order valence-electron chi connectivity index (χ2n) is 23.2. The van der Waals surface area contributed by atoms with Crippen LogP contribution in [0.15, 0.2) is 207 Å². The summed E-state index contributed by atoms with van der Waals surface area (Å²) >= 11 is 0. The summed E-state index contributed by atoms with van der Waals surface area (Å²) in [4.78, 5) is 4.81. The van der Waals surface area contributed by atoms with Crippen LogP contribution in [0, 0.1) is 0 Å². The molecular formula is C72H58N2O3. The second-order valence-corrected chi connectivity index (χ2v) is 23.2. The fourth-order valence-electron chi connectivity index (χ4n) is 13.3. The molecule has 0 N–H and O–H groups in total. The van der Waals surface area contributed by atoms with Gasteiger partial charge in [-0.3, -0.25) is 0 Å². The summed E-state index contributed by atoms with van der Waals surface area (Å²) in [5.41, 5.74) is 23.5. The van der Waals surface area contributed by atoms with Gasteiger partial charge in [-0.25, -0.2) is 0 Å². The lowest BCUT2D eigenvalue weighted by Gasteiger charge is -2.29. The van der Waals surface area contributed by atoms with Gasteiger partial charge in [0.2, 0.25) is 0 Å². The molecule has 0 bridgehead atoms. The van der Waals surface area contributed by atoms with Crippen molar-refractivity contribution >= 4 is 99.9 Å². The average Bonchev–Trinajstić information content (AvgIpc) is 4.35. The molecule has 3 aromatic heterocycles. The van der Waals surface area contributed by atoms with Crippen molar-refractivity contribution in [3.05, 3.63) is 228 Å². The molecule has 2 aliphatic carbocycles. The second kappa shape index (κ2) is 16.4. The monoisotopic (exact) mass is 998 g/mol. The average molecular weight is 999 g/mol. The summed E-state index contributed by atoms with van der Waals surface area (Å²) in [5.74, 6) is 0.817. The van der Waals surface area contributed by atoms with Crippen molar-refractivity contribution in [2.45, 2.75) is 78.1 Å². The van der Waals surface area contributed by atoms with Gasteiger partial charge in [-0.1, -0.05) is 171 Å². The Labute approximate surface area is 448 Å². The van der Waals surface area contributed by atoms with Crippen molar-refractivity contribution in [2.75, 3.05) is 9.80 Å². The molecule has 0 saturated carbocycles. The first-order valence-corrected chi connectivity index (χ1v) is 27.3. The van der Waals surface area contributed by atoms with Crippen LogP contribution in [0.4, 0.5) is 34.1 Å². The number of benzene rings is 10. The topological polar surface area (TPSA) is 45.9 Å². The van der Waals surface area contributed by atoms with E-state index in [0.29, 0.717) is 11.8 Å². The van der Waals surface area contributed by atoms with E-state index < -0.39 is 0 Å². The summed E-state index contributed by atoms with van der Waals surface area (Å²) in [5, 5.41) is 6.57. The minimum absolute atomic E-state index is 0.316. The van der Waals surface area contributed by atoms with E-state index in [1.807, 2.05) is 12.1 Å². The molecule has 5 nitrogen and oxygen atoms in total. The largest absolute Gasteiger partial charge is 0.455 e. The summed E-state index contributed by atoms with van der Waals surface area (Å²) in [7, 11) is 0. The molecule has 13 aromatic rings. The molecule has 374 valence electrons. The van der Waals surface area contributed by atoms with E-state index in [-0.39, 0.29) is 10.8 Å². The van der Waals surface area contributed by atoms with Gasteiger partial charge in [-0.15, -0.1) is 0 Å². The zero-order valence-corrected chi connectivity index (χ0v) is 44.7. The number of para-hydroxylation sites is 5. The van der Waals surface area contributed by atoms with E-state index in [9.17, 15) is 0 Å². The van der Waals surface area contributed by atoms with E-state index in [2.05, 4.69) is 247 Å². The van der Waals surface area contributed by atoms with Crippen LogP contribution < -0.4 is 9.80 Å². The quantitative estimate of drug-likeness (QED) is 0.152. The van der Waals surface area contributed by atoms with E-state index in [0.717, 1.165) is 106 Å². The van der Waals surface area contributed by atoms with E-state index in [1.165, 1.54) is 50.1 Å². The predicted octanol–water partition coefficient (Wildman–Crippen LogP) is 21.2. The summed E-state index contributed by atoms with van der Waals surface area (Å²) in [6.07, 6.45) is 0. The molecule has 0 saturated heterocycles. The fraction of sp³-hybridized carbons (Fsp3) is 0.167. The maximum atomic E-state index is 7.26. The molecule has 3 heterocycles. The molecule has 0 unspecified atom stereocenters. The van der Waals surface area contributed by atoms with Gasteiger partial charge in [0, 0.05) is 60.4 Å². The number of furan rings is 3. The Kier molecular flexibility index (Phi) is 9.68. The Bertz CT molecular complexity index is 4580. The molecule has 0 spiro atoms. The predicted molar refractivity (Wildman–Crippen MR) is 321 cm³/mol. The zero-order valence-electron chi connectivity index (χ0n) is 44.7. The fourth-order valence-corrected chi connectivity index (χ4v) is 13.3. The first-order valence-electron chi connectivity index (χ1n) is 27.3. The van der Waals surface area contributed by atoms with Crippen LogP contribution in [-0.2, 0) is 10.8 Å². The maximum absolute atomic E-state index is 7.26. The Morgan fingerprint density at radius 2 is 0.792 bits per heavy atom. The van der Waals surface area contributed by atoms with Crippen molar-refractivity contribution in [1.29, 1.82) is 0 Å². The number of hydrogen-bond donors (Lipinski definition) is 0. The molecule has 77 heavy (non-hydrogen) atoms. The number of fused-ring (bicyclic) bond motifs is 16. The van der Waals surface area contributed by atoms with Crippen molar-refractivity contribution in [3.63, 3.8) is 0 Å². The van der Waals surface area contributed by atoms with Gasteiger partial charge in [0.25, 0.3) is 0 Å². The third-order valence-corrected chi connectivity index (χ3v) is 17.4. The lowest BCUT2D eigenvalue weighted by atomic mass is 9.77. The molecule has 0 radical (unpaired) electrons. The Morgan fingerprint density at radius 3 is 1.38 bits per heavy atom. The third-order valence-electron chi connectivity index (χ3n) is 17.4. The van der Waals surface area contributed by atoms with Gasteiger partial charge < -0.3 is 23.1 Å². The molecular weight excluding hydrogens is 941 g/mol. The number of anilines is 6. The Hall–Kier alpha value is -8.80. The van der Waals surface area contributed by atoms with Crippen LogP contribution in [0.25, 0.3) is 88.1 Å². The van der Waals surface area contributed by atoms with Crippen molar-refractivity contribution in [2.24, 2.45) is 0 Å². The number of rotatable bonds is 8. The highest BCUT2D eigenvalue weighted by Gasteiger charge is 2.44. The maximum Gasteiger partial charge on any atom is 0.159 e. The van der Waals surface area contributed by atoms with Crippen LogP contribution in [0.3, 0.4) is 0 Å². The highest BCUT2D eigenvalue weighted by molar-refractivity contribution is 6.20. The Morgan fingerprint density at radius 1 is 0.338 bits per heavy atom. The minimum Gasteiger partial charge on any atom is -0.455 e. The van der Waals surface area contributed by atoms with Gasteiger partial charge in [-0.2, -0.15) is 0 Å². The zero-order chi connectivity index (χ0) is 52.2. The molecule has 0 amide bonds. The highest BCUT2D eigenvalue weighted by atomic mass is 16.3. The molecule has 2 aliphatic rings. The number of hydrogen-bond acceptors (Lipinski definition) is 5. The van der Waals surface area contributed by atoms with Crippen molar-refractivity contribution < 1.29 is 13.3 Å². The molecule has 0 aliphatic heterocycles. The van der Waals surface area contributed by atoms with Gasteiger partial charge in [0.05, 0.1) is 22.4 Å². The Balaban J connectivity index is 0.934. The molecule has 15 rings (SSSR count). The molecule has 0 fully saturated rings. The highest BCUT2D eigenvalue weighted by Crippen LogP contribution is 2.61. The van der Waals surface area contributed by atoms with Crippen molar-refractivity contribution in [3.8, 4) is 22.3 Å². The van der Waals surface area contributed by atoms with E-state index in [1.54, 1.807) is 0 Å². The normalized spacial score (nSPS) is 14.2. The summed E-state index contributed by atoms with van der Waals surface area (Å²) < 4.78 is 20.9. The smallest absolute Gasteiger partial charge is 0.159 e. The van der Waals surface area contributed by atoms with E-state index >= 15 is 0 Å². The van der Waals surface area contributed by atoms with E-state index in [4.69, 9.17) is 13.3 Å². The first-order chi connectivity index (χ1) is 37.3. The van der Waals surface area contributed by atoms with Gasteiger partial charge in [0.1, 0.15) is 22.3 Å². The standard InChI is InChI=1S/C72H58N2O3/c1-41(2)43-27-31-45(32-28-43)73(60-22-15-20-51-49-17-9-12-24-63(49)75-68(51)60)47-35-36-48-54-38-55-58(39-57(54)71(5,6)56(48)37-47)72(7,8)59-40-62(67-53-19-11-14-26-65(53)77-70(67)66(55)59)74(46-33-29-44(30-34-46)42(3)4)61-23-16-21-52-50-18-10-13-25-64(50)76-69(52)61/h9-42H,1-8H3. The summed E-state index contributed by atoms with van der Waals surface area (Å²) in [6.45, 7) is 18.6. The SMILES string of the molecule is CC(C)c1ccc(N(c2ccc3c(c2)C(C)(C)c2cc4c(cc2-3)-c2c(cc(N(c3ccc(C(C)C)cc3)c3cccc5c3oc3ccccc35)c3c2oc2ccccc23)C4(C)C)c2cccc3c2oc2ccccc23)cc1. The van der Waals surface area contributed by atoms with Crippen LogP contribution in [0.1, 0.15) is 101 Å². The van der Waals surface area contributed by atoms with Crippen LogP contribution in [0.2, 0.25) is 0 Å². The lowest BCUT2D eigenvalue weighted by Crippen LogP contribution is -2.20.